The number of halogens is 1. The number of rotatable bonds is 7. The van der Waals surface area contributed by atoms with Crippen molar-refractivity contribution in [2.45, 2.75) is 12.5 Å². The number of carbonyl (C=O) groups is 1. The van der Waals surface area contributed by atoms with Crippen molar-refractivity contribution in [2.75, 3.05) is 13.7 Å². The molecular formula is C27H23FN4O3. The minimum atomic E-state index is -0.528. The Morgan fingerprint density at radius 3 is 2.71 bits per heavy atom. The van der Waals surface area contributed by atoms with Crippen molar-refractivity contribution in [1.29, 1.82) is 0 Å². The molecule has 2 N–H and O–H groups in total. The number of para-hydroxylation sites is 1. The summed E-state index contributed by atoms with van der Waals surface area (Å²) in [5.41, 5.74) is 2.98. The third-order valence-corrected chi connectivity index (χ3v) is 6.12. The number of aromatic nitrogens is 3. The Balaban J connectivity index is 1.40. The van der Waals surface area contributed by atoms with E-state index in [0.717, 1.165) is 33.8 Å². The maximum atomic E-state index is 13.6. The van der Waals surface area contributed by atoms with E-state index < -0.39 is 11.4 Å². The predicted octanol–water partition coefficient (Wildman–Crippen LogP) is 3.97. The zero-order valence-electron chi connectivity index (χ0n) is 19.0. The molecule has 0 aliphatic rings. The first-order chi connectivity index (χ1) is 17.0. The molecule has 7 nitrogen and oxygen atoms in total. The lowest BCUT2D eigenvalue weighted by atomic mass is 9.91. The highest BCUT2D eigenvalue weighted by Crippen LogP contribution is 2.31. The van der Waals surface area contributed by atoms with Crippen molar-refractivity contribution < 1.29 is 13.9 Å². The van der Waals surface area contributed by atoms with Gasteiger partial charge in [-0.2, -0.15) is 0 Å². The number of fused-ring (bicyclic) bond motifs is 2. The van der Waals surface area contributed by atoms with Gasteiger partial charge in [0.15, 0.2) is 0 Å². The summed E-state index contributed by atoms with van der Waals surface area (Å²) in [5.74, 6) is -0.265. The SMILES string of the molecule is COc1ccc(C(CNC(=O)Cn2cnc3ccc(F)cc3c2=O)c2c[nH]c3ccccc23)cc1. The summed E-state index contributed by atoms with van der Waals surface area (Å²) in [4.78, 5) is 33.0. The number of ether oxygens (including phenoxy) is 1. The van der Waals surface area contributed by atoms with Crippen molar-refractivity contribution >= 4 is 27.7 Å². The van der Waals surface area contributed by atoms with Crippen LogP contribution < -0.4 is 15.6 Å². The first kappa shape index (κ1) is 22.3. The van der Waals surface area contributed by atoms with E-state index in [9.17, 15) is 14.0 Å². The van der Waals surface area contributed by atoms with E-state index in [1.807, 2.05) is 54.7 Å². The summed E-state index contributed by atoms with van der Waals surface area (Å²) in [5, 5.41) is 4.16. The molecule has 0 saturated heterocycles. The van der Waals surface area contributed by atoms with Gasteiger partial charge in [-0.05, 0) is 47.5 Å². The third-order valence-electron chi connectivity index (χ3n) is 6.12. The van der Waals surface area contributed by atoms with Crippen LogP contribution in [0.2, 0.25) is 0 Å². The fourth-order valence-electron chi connectivity index (χ4n) is 4.30. The standard InChI is InChI=1S/C27H23FN4O3/c1-35-19-9-6-17(7-10-19)22(23-14-29-24-5-3-2-4-20(23)24)13-30-26(33)15-32-16-31-25-11-8-18(28)12-21(25)27(32)34/h2-12,14,16,22,29H,13,15H2,1H3,(H,30,33). The highest BCUT2D eigenvalue weighted by Gasteiger charge is 2.20. The molecule has 5 rings (SSSR count). The number of nitrogens with one attached hydrogen (secondary N) is 2. The van der Waals surface area contributed by atoms with E-state index in [2.05, 4.69) is 15.3 Å². The monoisotopic (exact) mass is 470 g/mol. The third kappa shape index (κ3) is 4.50. The quantitative estimate of drug-likeness (QED) is 0.377. The van der Waals surface area contributed by atoms with Crippen LogP contribution in [0.25, 0.3) is 21.8 Å². The van der Waals surface area contributed by atoms with E-state index in [-0.39, 0.29) is 23.8 Å². The Labute approximate surface area is 200 Å². The van der Waals surface area contributed by atoms with Crippen LogP contribution in [-0.4, -0.2) is 34.1 Å². The van der Waals surface area contributed by atoms with Gasteiger partial charge < -0.3 is 15.0 Å². The highest BCUT2D eigenvalue weighted by molar-refractivity contribution is 5.84. The van der Waals surface area contributed by atoms with Gasteiger partial charge in [0.05, 0.1) is 24.3 Å². The number of carbonyl (C=O) groups excluding carboxylic acids is 1. The largest absolute Gasteiger partial charge is 0.497 e. The van der Waals surface area contributed by atoms with Gasteiger partial charge in [-0.15, -0.1) is 0 Å². The van der Waals surface area contributed by atoms with Crippen LogP contribution in [0, 0.1) is 5.82 Å². The van der Waals surface area contributed by atoms with Gasteiger partial charge in [-0.25, -0.2) is 9.37 Å². The zero-order chi connectivity index (χ0) is 24.4. The van der Waals surface area contributed by atoms with Crippen LogP contribution in [0.4, 0.5) is 4.39 Å². The van der Waals surface area contributed by atoms with E-state index >= 15 is 0 Å². The summed E-state index contributed by atoms with van der Waals surface area (Å²) in [6.07, 6.45) is 3.26. The first-order valence-corrected chi connectivity index (χ1v) is 11.1. The second-order valence-corrected chi connectivity index (χ2v) is 8.26. The predicted molar refractivity (Wildman–Crippen MR) is 132 cm³/mol. The molecule has 2 heterocycles. The lowest BCUT2D eigenvalue weighted by Gasteiger charge is -2.19. The van der Waals surface area contributed by atoms with Crippen LogP contribution in [-0.2, 0) is 11.3 Å². The lowest BCUT2D eigenvalue weighted by Crippen LogP contribution is -2.35. The van der Waals surface area contributed by atoms with Crippen molar-refractivity contribution in [3.8, 4) is 5.75 Å². The van der Waals surface area contributed by atoms with Crippen LogP contribution in [0.1, 0.15) is 17.0 Å². The number of hydrogen-bond donors (Lipinski definition) is 2. The molecule has 1 atom stereocenters. The lowest BCUT2D eigenvalue weighted by molar-refractivity contribution is -0.121. The minimum Gasteiger partial charge on any atom is -0.497 e. The fraction of sp³-hybridized carbons (Fsp3) is 0.148. The molecule has 8 heteroatoms. The Morgan fingerprint density at radius 2 is 1.91 bits per heavy atom. The fourth-order valence-corrected chi connectivity index (χ4v) is 4.30. The number of hydrogen-bond acceptors (Lipinski definition) is 4. The molecule has 1 amide bonds. The molecule has 0 bridgehead atoms. The van der Waals surface area contributed by atoms with Gasteiger partial charge in [0, 0.05) is 29.6 Å². The molecule has 0 saturated carbocycles. The van der Waals surface area contributed by atoms with E-state index in [1.165, 1.54) is 23.0 Å². The summed E-state index contributed by atoms with van der Waals surface area (Å²) in [6, 6.07) is 19.5. The number of methoxy groups -OCH3 is 1. The number of benzene rings is 3. The molecule has 0 spiro atoms. The zero-order valence-corrected chi connectivity index (χ0v) is 19.0. The Morgan fingerprint density at radius 1 is 1.11 bits per heavy atom. The topological polar surface area (TPSA) is 89.0 Å². The normalized spacial score (nSPS) is 12.1. The second-order valence-electron chi connectivity index (χ2n) is 8.26. The molecular weight excluding hydrogens is 447 g/mol. The Bertz CT molecular complexity index is 1570. The Kier molecular flexibility index (Phi) is 6.01. The van der Waals surface area contributed by atoms with E-state index in [0.29, 0.717) is 12.1 Å². The maximum Gasteiger partial charge on any atom is 0.261 e. The van der Waals surface area contributed by atoms with Crippen LogP contribution >= 0.6 is 0 Å². The van der Waals surface area contributed by atoms with Crippen molar-refractivity contribution in [2.24, 2.45) is 0 Å². The van der Waals surface area contributed by atoms with E-state index in [1.54, 1.807) is 7.11 Å². The number of amides is 1. The van der Waals surface area contributed by atoms with Gasteiger partial charge in [0.25, 0.3) is 5.56 Å². The Hall–Kier alpha value is -4.46. The van der Waals surface area contributed by atoms with Crippen LogP contribution in [0.5, 0.6) is 5.75 Å². The molecule has 5 aromatic rings. The molecule has 2 aromatic heterocycles. The van der Waals surface area contributed by atoms with Crippen LogP contribution in [0.15, 0.2) is 84.0 Å². The molecule has 0 radical (unpaired) electrons. The minimum absolute atomic E-state index is 0.134. The van der Waals surface area contributed by atoms with Gasteiger partial charge >= 0.3 is 0 Å². The summed E-state index contributed by atoms with van der Waals surface area (Å²) in [7, 11) is 1.62. The smallest absolute Gasteiger partial charge is 0.261 e. The van der Waals surface area contributed by atoms with Crippen molar-refractivity contribution in [1.82, 2.24) is 19.9 Å². The molecule has 176 valence electrons. The first-order valence-electron chi connectivity index (χ1n) is 11.1. The molecule has 1 unspecified atom stereocenters. The van der Waals surface area contributed by atoms with Gasteiger partial charge in [0.2, 0.25) is 5.91 Å². The summed E-state index contributed by atoms with van der Waals surface area (Å²) < 4.78 is 20.1. The summed E-state index contributed by atoms with van der Waals surface area (Å²) in [6.45, 7) is 0.0961. The van der Waals surface area contributed by atoms with Crippen molar-refractivity contribution in [3.63, 3.8) is 0 Å². The van der Waals surface area contributed by atoms with Gasteiger partial charge in [-0.1, -0.05) is 30.3 Å². The molecule has 0 aliphatic heterocycles. The average molecular weight is 471 g/mol. The number of nitrogens with zero attached hydrogens (tertiary/aromatic N) is 2. The number of aromatic amines is 1. The second kappa shape index (κ2) is 9.42. The highest BCUT2D eigenvalue weighted by atomic mass is 19.1. The molecule has 35 heavy (non-hydrogen) atoms. The van der Waals surface area contributed by atoms with Gasteiger partial charge in [0.1, 0.15) is 18.1 Å². The average Bonchev–Trinajstić information content (AvgIpc) is 3.30. The van der Waals surface area contributed by atoms with Crippen LogP contribution in [0.3, 0.4) is 0 Å². The van der Waals surface area contributed by atoms with Crippen molar-refractivity contribution in [3.05, 3.63) is 107 Å². The molecule has 3 aromatic carbocycles. The maximum absolute atomic E-state index is 13.6. The van der Waals surface area contributed by atoms with Gasteiger partial charge in [-0.3, -0.25) is 14.2 Å². The summed E-state index contributed by atoms with van der Waals surface area (Å²) >= 11 is 0. The number of H-pyrrole nitrogens is 1. The molecule has 0 aliphatic carbocycles. The van der Waals surface area contributed by atoms with E-state index in [4.69, 9.17) is 4.74 Å². The molecule has 0 fully saturated rings.